The van der Waals surface area contributed by atoms with Crippen LogP contribution in [0.1, 0.15) is 32.6 Å². The summed E-state index contributed by atoms with van der Waals surface area (Å²) in [5.74, 6) is -2.98. The molecule has 4 fully saturated rings. The minimum Gasteiger partial charge on any atom is -0.481 e. The maximum Gasteiger partial charge on any atom is 0.314 e. The Balaban J connectivity index is 1.84. The van der Waals surface area contributed by atoms with Gasteiger partial charge in [0, 0.05) is 22.7 Å². The van der Waals surface area contributed by atoms with Gasteiger partial charge in [0.25, 0.3) is 0 Å². The van der Waals surface area contributed by atoms with Crippen molar-refractivity contribution in [3.8, 4) is 0 Å². The van der Waals surface area contributed by atoms with Crippen molar-refractivity contribution in [2.45, 2.75) is 44.8 Å². The van der Waals surface area contributed by atoms with Crippen LogP contribution >= 0.6 is 0 Å². The van der Waals surface area contributed by atoms with Crippen molar-refractivity contribution in [1.29, 1.82) is 0 Å². The Morgan fingerprint density at radius 3 is 2.73 bits per heavy atom. The molecule has 1 spiro atoms. The summed E-state index contributed by atoms with van der Waals surface area (Å²) in [5.41, 5.74) is -1.22. The van der Waals surface area contributed by atoms with Gasteiger partial charge >= 0.3 is 11.9 Å². The van der Waals surface area contributed by atoms with E-state index in [0.29, 0.717) is 19.3 Å². The molecule has 0 radical (unpaired) electrons. The number of hydrogen-bond donors (Lipinski definition) is 3. The fourth-order valence-electron chi connectivity index (χ4n) is 7.43. The Kier molecular flexibility index (Phi) is 2.92. The van der Waals surface area contributed by atoms with E-state index in [-0.39, 0.29) is 12.5 Å². The Morgan fingerprint density at radius 1 is 1.31 bits per heavy atom. The van der Waals surface area contributed by atoms with Gasteiger partial charge in [0.05, 0.1) is 30.1 Å². The van der Waals surface area contributed by atoms with Crippen LogP contribution in [0.5, 0.6) is 0 Å². The molecule has 0 aromatic heterocycles. The van der Waals surface area contributed by atoms with E-state index in [1.165, 1.54) is 0 Å². The lowest BCUT2D eigenvalue weighted by molar-refractivity contribution is -0.238. The summed E-state index contributed by atoms with van der Waals surface area (Å²) < 4.78 is 5.57. The third kappa shape index (κ3) is 1.40. The van der Waals surface area contributed by atoms with Gasteiger partial charge in [0.15, 0.2) is 0 Å². The summed E-state index contributed by atoms with van der Waals surface area (Å²) >= 11 is 0. The van der Waals surface area contributed by atoms with Gasteiger partial charge in [0.2, 0.25) is 0 Å². The average Bonchev–Trinajstić information content (AvgIpc) is 2.89. The van der Waals surface area contributed by atoms with Crippen LogP contribution < -0.4 is 0 Å². The number of carbonyl (C=O) groups is 2. The molecule has 140 valence electrons. The van der Waals surface area contributed by atoms with Crippen molar-refractivity contribution >= 4 is 11.9 Å². The molecule has 8 atom stereocenters. The smallest absolute Gasteiger partial charge is 0.314 e. The Hall–Kier alpha value is -1.66. The number of aliphatic hydroxyl groups is 2. The molecule has 1 heterocycles. The number of carbonyl (C=O) groups excluding carboxylic acids is 1. The number of hydrogen-bond acceptors (Lipinski definition) is 5. The summed E-state index contributed by atoms with van der Waals surface area (Å²) in [4.78, 5) is 25.1. The van der Waals surface area contributed by atoms with Crippen LogP contribution in [0.4, 0.5) is 0 Å². The molecular weight excluding hydrogens is 336 g/mol. The highest BCUT2D eigenvalue weighted by atomic mass is 16.5. The number of allylic oxidation sites excluding steroid dienone is 1. The van der Waals surface area contributed by atoms with Crippen LogP contribution in [0.25, 0.3) is 0 Å². The summed E-state index contributed by atoms with van der Waals surface area (Å²) in [5, 5.41) is 32.1. The maximum absolute atomic E-state index is 12.7. The minimum absolute atomic E-state index is 0.0190. The molecule has 4 bridgehead atoms. The normalized spacial score (nSPS) is 54.3. The third-order valence-electron chi connectivity index (χ3n) is 8.56. The zero-order valence-corrected chi connectivity index (χ0v) is 14.8. The molecule has 3 N–H and O–H groups in total. The predicted octanol–water partition coefficient (Wildman–Crippen LogP) is 1.27. The summed E-state index contributed by atoms with van der Waals surface area (Å²) in [7, 11) is 0. The molecule has 3 saturated carbocycles. The maximum atomic E-state index is 12.7. The van der Waals surface area contributed by atoms with Crippen molar-refractivity contribution in [3.05, 3.63) is 23.8 Å². The SMILES string of the molecule is C=C1[C@H]2C=C3[C@@H](C(=O)O)[C@@H]4[C@]5(C)C(=O)OC[C@]4(CC[C@H]5O)[C@@]3(CC2)[C@H]1O. The highest BCUT2D eigenvalue weighted by Gasteiger charge is 2.80. The topological polar surface area (TPSA) is 104 Å². The summed E-state index contributed by atoms with van der Waals surface area (Å²) in [6.45, 7) is 5.85. The average molecular weight is 360 g/mol. The van der Waals surface area contributed by atoms with Gasteiger partial charge in [-0.25, -0.2) is 0 Å². The van der Waals surface area contributed by atoms with Gasteiger partial charge in [-0.05, 0) is 43.8 Å². The van der Waals surface area contributed by atoms with Gasteiger partial charge < -0.3 is 20.1 Å². The number of fused-ring (bicyclic) bond motifs is 2. The van der Waals surface area contributed by atoms with E-state index >= 15 is 0 Å². The second-order valence-corrected chi connectivity index (χ2v) is 9.08. The Labute approximate surface area is 151 Å². The van der Waals surface area contributed by atoms with E-state index in [1.54, 1.807) is 6.92 Å². The minimum atomic E-state index is -1.27. The molecule has 5 aliphatic carbocycles. The van der Waals surface area contributed by atoms with Crippen LogP contribution in [-0.4, -0.2) is 46.1 Å². The number of ether oxygens (including phenoxy) is 1. The molecule has 6 aliphatic rings. The first-order valence-corrected chi connectivity index (χ1v) is 9.39. The highest BCUT2D eigenvalue weighted by molar-refractivity contribution is 5.84. The van der Waals surface area contributed by atoms with Crippen LogP contribution in [0.3, 0.4) is 0 Å². The lowest BCUT2D eigenvalue weighted by Gasteiger charge is -2.63. The number of aliphatic hydroxyl groups excluding tert-OH is 2. The van der Waals surface area contributed by atoms with Crippen molar-refractivity contribution in [3.63, 3.8) is 0 Å². The summed E-state index contributed by atoms with van der Waals surface area (Å²) in [6.07, 6.45) is 2.67. The molecule has 6 heteroatoms. The van der Waals surface area contributed by atoms with Crippen LogP contribution in [0, 0.1) is 34.0 Å². The fourth-order valence-corrected chi connectivity index (χ4v) is 7.43. The molecule has 0 amide bonds. The largest absolute Gasteiger partial charge is 0.481 e. The zero-order valence-electron chi connectivity index (χ0n) is 14.8. The molecule has 6 nitrogen and oxygen atoms in total. The number of aliphatic carboxylic acids is 1. The molecule has 26 heavy (non-hydrogen) atoms. The highest BCUT2D eigenvalue weighted by Crippen LogP contribution is 2.78. The Morgan fingerprint density at radius 2 is 2.04 bits per heavy atom. The second kappa shape index (κ2) is 4.60. The molecular formula is C20H24O6. The molecule has 0 aromatic carbocycles. The number of carboxylic acids is 1. The quantitative estimate of drug-likeness (QED) is 0.481. The van der Waals surface area contributed by atoms with Gasteiger partial charge in [0.1, 0.15) is 0 Å². The van der Waals surface area contributed by atoms with Gasteiger partial charge in [-0.15, -0.1) is 0 Å². The van der Waals surface area contributed by atoms with Crippen LogP contribution in [0.15, 0.2) is 23.8 Å². The molecule has 1 aliphatic heterocycles. The monoisotopic (exact) mass is 360 g/mol. The predicted molar refractivity (Wildman–Crippen MR) is 89.7 cm³/mol. The lowest BCUT2D eigenvalue weighted by Crippen LogP contribution is -2.67. The zero-order chi connectivity index (χ0) is 18.6. The standard InChI is InChI=1S/C20H24O6/c1-9-10-3-6-20(15(9)22)11(7-10)13(16(23)24)14-18(2)12(21)4-5-19(14,20)8-26-17(18)25/h7,10,12-15,21-22H,1,3-6,8H2,2H3,(H,23,24)/t10-,12-,13-,14-,15+,18-,19+,20-/m1/s1. The molecule has 0 aromatic rings. The van der Waals surface area contributed by atoms with Gasteiger partial charge in [-0.1, -0.05) is 12.7 Å². The van der Waals surface area contributed by atoms with Crippen molar-refractivity contribution in [2.75, 3.05) is 6.61 Å². The van der Waals surface area contributed by atoms with Crippen LogP contribution in [0.2, 0.25) is 0 Å². The van der Waals surface area contributed by atoms with Gasteiger partial charge in [-0.2, -0.15) is 0 Å². The van der Waals surface area contributed by atoms with Gasteiger partial charge in [-0.3, -0.25) is 9.59 Å². The van der Waals surface area contributed by atoms with E-state index in [2.05, 4.69) is 6.58 Å². The lowest BCUT2D eigenvalue weighted by atomic mass is 9.43. The van der Waals surface area contributed by atoms with E-state index in [0.717, 1.165) is 17.6 Å². The second-order valence-electron chi connectivity index (χ2n) is 9.08. The van der Waals surface area contributed by atoms with Crippen molar-refractivity contribution in [1.82, 2.24) is 0 Å². The number of esters is 1. The van der Waals surface area contributed by atoms with E-state index < -0.39 is 52.2 Å². The van der Waals surface area contributed by atoms with Crippen LogP contribution in [-0.2, 0) is 14.3 Å². The Bertz CT molecular complexity index is 785. The first-order chi connectivity index (χ1) is 12.2. The summed E-state index contributed by atoms with van der Waals surface area (Å²) in [6, 6.07) is 0. The van der Waals surface area contributed by atoms with E-state index in [9.17, 15) is 24.9 Å². The van der Waals surface area contributed by atoms with E-state index in [1.807, 2.05) is 6.08 Å². The molecule has 0 unspecified atom stereocenters. The van der Waals surface area contributed by atoms with E-state index in [4.69, 9.17) is 4.74 Å². The first-order valence-electron chi connectivity index (χ1n) is 9.39. The fraction of sp³-hybridized carbons (Fsp3) is 0.700. The van der Waals surface area contributed by atoms with Crippen molar-refractivity contribution < 1.29 is 29.6 Å². The number of carboxylic acid groups (broad SMARTS) is 1. The van der Waals surface area contributed by atoms with Crippen molar-refractivity contribution in [2.24, 2.45) is 34.0 Å². The molecule has 6 rings (SSSR count). The number of rotatable bonds is 1. The number of cyclic esters (lactones) is 1. The third-order valence-corrected chi connectivity index (χ3v) is 8.56. The molecule has 1 saturated heterocycles. The first kappa shape index (κ1) is 16.5.